The Morgan fingerprint density at radius 1 is 0.246 bits per heavy atom. The Hall–Kier alpha value is -6.76. The maximum absolute atomic E-state index is 5.89. The summed E-state index contributed by atoms with van der Waals surface area (Å²) in [5.41, 5.74) is 0. The first kappa shape index (κ1) is 48.7. The maximum atomic E-state index is 5.89. The van der Waals surface area contributed by atoms with Gasteiger partial charge in [0.15, 0.2) is 54.1 Å². The van der Waals surface area contributed by atoms with E-state index in [2.05, 4.69) is 146 Å². The Morgan fingerprint density at radius 3 is 0.623 bits per heavy atom. The van der Waals surface area contributed by atoms with E-state index in [0.717, 1.165) is 46.0 Å². The summed E-state index contributed by atoms with van der Waals surface area (Å²) >= 11 is 0. The highest BCUT2D eigenvalue weighted by atomic mass is 28.3. The number of hydrogen-bond donors (Lipinski definition) is 0. The number of methoxy groups -OCH3 is 8. The van der Waals surface area contributed by atoms with Gasteiger partial charge >= 0.3 is 0 Å². The van der Waals surface area contributed by atoms with E-state index in [1.54, 1.807) is 56.9 Å². The molecule has 0 fully saturated rings. The molecule has 0 aromatic heterocycles. The number of rotatable bonds is 20. The first-order valence-corrected chi connectivity index (χ1v) is 30.6. The maximum Gasteiger partial charge on any atom is 0.179 e. The monoisotopic (exact) mass is 1000 g/mol. The Labute approximate surface area is 416 Å². The second-order valence-corrected chi connectivity index (χ2v) is 28.4. The Kier molecular flexibility index (Phi) is 15.9. The number of para-hydroxylation sites is 4. The Bertz CT molecular complexity index is 2570. The summed E-state index contributed by atoms with van der Waals surface area (Å²) in [6, 6.07) is 62.8. The van der Waals surface area contributed by atoms with Crippen LogP contribution in [0.3, 0.4) is 0 Å². The van der Waals surface area contributed by atoms with Crippen LogP contribution < -0.4 is 100 Å². The summed E-state index contributed by atoms with van der Waals surface area (Å²) in [6.45, 7) is 0. The van der Waals surface area contributed by atoms with Crippen LogP contribution in [0.15, 0.2) is 170 Å². The zero-order valence-corrected chi connectivity index (χ0v) is 47.4. The van der Waals surface area contributed by atoms with Gasteiger partial charge < -0.3 is 37.9 Å². The van der Waals surface area contributed by atoms with E-state index in [0.29, 0.717) is 0 Å². The van der Waals surface area contributed by atoms with E-state index in [1.807, 2.05) is 24.3 Å². The average Bonchev–Trinajstić information content (AvgIpc) is 3.40. The molecule has 0 aliphatic carbocycles. The van der Waals surface area contributed by atoms with E-state index < -0.39 is 46.2 Å². The lowest BCUT2D eigenvalue weighted by atomic mass is 10.3. The third kappa shape index (κ3) is 10.2. The van der Waals surface area contributed by atoms with Crippen molar-refractivity contribution in [2.75, 3.05) is 56.9 Å². The van der Waals surface area contributed by atoms with Crippen LogP contribution in [0.25, 0.3) is 0 Å². The number of benzene rings is 8. The normalized spacial score (nSPS) is 12.5. The predicted octanol–water partition coefficient (Wildman–Crippen LogP) is -0.389. The van der Waals surface area contributed by atoms with Gasteiger partial charge in [0, 0.05) is 0 Å². The van der Waals surface area contributed by atoms with Crippen LogP contribution in [-0.4, -0.2) is 103 Å². The van der Waals surface area contributed by atoms with Gasteiger partial charge in [-0.3, -0.25) is 0 Å². The fraction of sp³-hybridized carbons (Fsp3) is 0.143. The molecule has 352 valence electrons. The molecule has 0 bridgehead atoms. The summed E-state index contributed by atoms with van der Waals surface area (Å²) in [7, 11) is 6.99. The molecule has 0 spiro atoms. The first-order valence-electron chi connectivity index (χ1n) is 23.0. The molecule has 0 atom stereocenters. The van der Waals surface area contributed by atoms with E-state index in [4.69, 9.17) is 37.9 Å². The lowest BCUT2D eigenvalue weighted by molar-refractivity contribution is 0.357. The number of hydrogen-bond acceptors (Lipinski definition) is 8. The van der Waals surface area contributed by atoms with Gasteiger partial charge in [0.2, 0.25) is 0 Å². The van der Waals surface area contributed by atoms with E-state index in [1.165, 1.54) is 62.2 Å². The van der Waals surface area contributed by atoms with Crippen LogP contribution in [0.1, 0.15) is 0 Å². The molecule has 8 aromatic carbocycles. The van der Waals surface area contributed by atoms with Gasteiger partial charge in [0.1, 0.15) is 0 Å². The predicted molar refractivity (Wildman–Crippen MR) is 299 cm³/mol. The van der Waals surface area contributed by atoms with E-state index in [9.17, 15) is 0 Å². The Morgan fingerprint density at radius 2 is 0.449 bits per heavy atom. The largest absolute Gasteiger partial charge is 0.493 e. The van der Waals surface area contributed by atoms with Gasteiger partial charge in [-0.15, -0.1) is 0 Å². The molecule has 0 N–H and O–H groups in total. The summed E-state index contributed by atoms with van der Waals surface area (Å²) in [6.07, 6.45) is 0. The van der Waals surface area contributed by atoms with Crippen molar-refractivity contribution >= 4 is 108 Å². The summed E-state index contributed by atoms with van der Waals surface area (Å²) < 4.78 is 46.3. The van der Waals surface area contributed by atoms with Crippen LogP contribution in [0.5, 0.6) is 46.0 Å². The molecule has 8 aromatic rings. The first-order chi connectivity index (χ1) is 33.8. The molecule has 69 heavy (non-hydrogen) atoms. The topological polar surface area (TPSA) is 73.8 Å². The molecule has 0 unspecified atom stereocenters. The highest BCUT2D eigenvalue weighted by molar-refractivity contribution is 7.20. The molecule has 0 heterocycles. The van der Waals surface area contributed by atoms with Crippen molar-refractivity contribution in [2.24, 2.45) is 0 Å². The van der Waals surface area contributed by atoms with Crippen LogP contribution >= 0.6 is 0 Å². The van der Waals surface area contributed by atoms with E-state index in [-0.39, 0.29) is 0 Å². The minimum atomic E-state index is -3.01. The molecule has 0 amide bonds. The lowest BCUT2D eigenvalue weighted by Crippen LogP contribution is -2.75. The van der Waals surface area contributed by atoms with Crippen LogP contribution in [0.2, 0.25) is 0 Å². The molecular formula is C56H60O8Si5. The van der Waals surface area contributed by atoms with Gasteiger partial charge in [-0.2, -0.15) is 0 Å². The van der Waals surface area contributed by atoms with Crippen molar-refractivity contribution in [2.45, 2.75) is 0 Å². The van der Waals surface area contributed by atoms with Crippen LogP contribution in [0, 0.1) is 0 Å². The van der Waals surface area contributed by atoms with Crippen molar-refractivity contribution in [1.82, 2.24) is 0 Å². The minimum Gasteiger partial charge on any atom is -0.493 e. The summed E-state index contributed by atoms with van der Waals surface area (Å²) in [5.74, 6) is 6.31. The average molecular weight is 1000 g/mol. The third-order valence-corrected chi connectivity index (χ3v) is 25.1. The fourth-order valence-corrected chi connectivity index (χ4v) is 21.0. The number of ether oxygens (including phenoxy) is 8. The van der Waals surface area contributed by atoms with Crippen molar-refractivity contribution in [1.29, 1.82) is 0 Å². The molecular weight excluding hydrogens is 941 g/mol. The van der Waals surface area contributed by atoms with Gasteiger partial charge in [-0.1, -0.05) is 166 Å². The third-order valence-electron chi connectivity index (χ3n) is 13.1. The second-order valence-electron chi connectivity index (χ2n) is 16.9. The highest BCUT2D eigenvalue weighted by Gasteiger charge is 2.41. The van der Waals surface area contributed by atoms with Crippen molar-refractivity contribution in [3.63, 3.8) is 0 Å². The quantitative estimate of drug-likeness (QED) is 0.0757. The lowest BCUT2D eigenvalue weighted by Gasteiger charge is -2.35. The van der Waals surface area contributed by atoms with Crippen LogP contribution in [0.4, 0.5) is 0 Å². The summed E-state index contributed by atoms with van der Waals surface area (Å²) in [5, 5.41) is 15.4. The van der Waals surface area contributed by atoms with Crippen molar-refractivity contribution in [3.8, 4) is 46.0 Å². The highest BCUT2D eigenvalue weighted by Crippen LogP contribution is 2.26. The SMILES string of the molecule is COc1cccc([SiH2]c2ccc([Si](c3ccc([SiH2]c4cccc(OC)c4OC)cc3)(c3ccc([SiH2]c4cccc(OC)c4OC)cc3)c3ccc([SiH2]c4cccc(OC)c4OC)cc3)cc2)c1OC. The van der Waals surface area contributed by atoms with E-state index >= 15 is 0 Å². The fourth-order valence-electron chi connectivity index (χ4n) is 9.74. The van der Waals surface area contributed by atoms with Gasteiger partial charge in [0.05, 0.1) is 95.0 Å². The molecule has 13 heteroatoms. The minimum absolute atomic E-state index is 0.759. The molecule has 8 rings (SSSR count). The van der Waals surface area contributed by atoms with Crippen molar-refractivity contribution in [3.05, 3.63) is 170 Å². The molecule has 8 nitrogen and oxygen atoms in total. The van der Waals surface area contributed by atoms with Gasteiger partial charge in [-0.05, 0) is 65.8 Å². The zero-order valence-electron chi connectivity index (χ0n) is 40.8. The molecule has 0 saturated heterocycles. The van der Waals surface area contributed by atoms with Crippen LogP contribution in [-0.2, 0) is 0 Å². The Balaban J connectivity index is 1.28. The smallest absolute Gasteiger partial charge is 0.179 e. The zero-order chi connectivity index (χ0) is 48.3. The standard InChI is InChI=1S/C56H60O8Si5/c1-57-45-13-9-17-49(53(45)61-5)65-37-21-29-41(30-22-37)69(42-31-23-38(24-32-42)66-50-18-10-14-46(58-2)54(50)62-6,43-33-25-39(26-34-43)67-51-19-11-15-47(59-3)55(51)63-7)44-35-27-40(28-36-44)68-52-20-12-16-48(60-4)56(52)64-8/h9-36H,65-68H2,1-8H3. The van der Waals surface area contributed by atoms with Gasteiger partial charge in [0.25, 0.3) is 0 Å². The molecule has 0 aliphatic heterocycles. The molecule has 0 aliphatic rings. The molecule has 0 radical (unpaired) electrons. The second kappa shape index (κ2) is 22.6. The molecule has 0 saturated carbocycles. The summed E-state index contributed by atoms with van der Waals surface area (Å²) in [4.78, 5) is 0. The van der Waals surface area contributed by atoms with Gasteiger partial charge in [-0.25, -0.2) is 0 Å². The van der Waals surface area contributed by atoms with Crippen molar-refractivity contribution < 1.29 is 37.9 Å².